The standard InChI is InChI=1S/C69H65BN2/c1-38-21-55-56(65(4,5)20-19-64(55,2)3)31-59(38)71-60-23-41(39-11-7-6-8-12-39)22-52-54-30-43(67-34-48-26-45-27-49(35-67)69(45,48)37-67)29-53-51-28-42(66-32-46-24-44-25-47(33-66)68(44,46)36-66)16-18-58(51)72(62(53)54)70(61(52)60)57-17-15-40-13-9-10-14-50(40)63(57)71/h6-18,21-23,28-31,44-49H,19-20,24-27,32-37H2,1-5H3. The van der Waals surface area contributed by atoms with E-state index >= 15 is 0 Å². The summed E-state index contributed by atoms with van der Waals surface area (Å²) in [4.78, 5) is 2.79. The Labute approximate surface area is 425 Å². The number of benzene rings is 7. The summed E-state index contributed by atoms with van der Waals surface area (Å²) in [6.07, 6.45) is 17.0. The first-order valence-electron chi connectivity index (χ1n) is 28.7. The van der Waals surface area contributed by atoms with Crippen LogP contribution in [-0.2, 0) is 21.7 Å². The minimum absolute atomic E-state index is 0.0260. The highest BCUT2D eigenvalue weighted by Gasteiger charge is 2.78. The van der Waals surface area contributed by atoms with E-state index in [2.05, 4.69) is 165 Å². The molecule has 4 unspecified atom stereocenters. The van der Waals surface area contributed by atoms with E-state index in [1.807, 2.05) is 0 Å². The van der Waals surface area contributed by atoms with Crippen molar-refractivity contribution in [1.29, 1.82) is 0 Å². The Morgan fingerprint density at radius 1 is 0.514 bits per heavy atom. The Morgan fingerprint density at radius 2 is 1.15 bits per heavy atom. The van der Waals surface area contributed by atoms with Gasteiger partial charge in [-0.25, -0.2) is 0 Å². The highest BCUT2D eigenvalue weighted by atomic mass is 15.2. The lowest BCUT2D eigenvalue weighted by molar-refractivity contribution is -0.175. The van der Waals surface area contributed by atoms with E-state index in [9.17, 15) is 0 Å². The zero-order chi connectivity index (χ0) is 47.4. The highest BCUT2D eigenvalue weighted by molar-refractivity contribution is 6.90. The normalized spacial score (nSPS) is 35.0. The Morgan fingerprint density at radius 3 is 1.83 bits per heavy atom. The van der Waals surface area contributed by atoms with E-state index in [1.165, 1.54) is 177 Å². The fourth-order valence-electron chi connectivity index (χ4n) is 21.7. The predicted octanol–water partition coefficient (Wildman–Crippen LogP) is 15.8. The van der Waals surface area contributed by atoms with Gasteiger partial charge in [-0.05, 0) is 255 Å². The van der Waals surface area contributed by atoms with Crippen LogP contribution in [0.5, 0.6) is 0 Å². The van der Waals surface area contributed by atoms with Crippen molar-refractivity contribution >= 4 is 67.4 Å². The molecule has 3 heteroatoms. The maximum atomic E-state index is 2.91. The average molecular weight is 933 g/mol. The Kier molecular flexibility index (Phi) is 6.75. The molecule has 72 heavy (non-hydrogen) atoms. The predicted molar refractivity (Wildman–Crippen MR) is 298 cm³/mol. The summed E-state index contributed by atoms with van der Waals surface area (Å²) < 4.78 is 2.91. The average Bonchev–Trinajstić information content (AvgIpc) is 4.15. The Hall–Kier alpha value is -5.54. The fourth-order valence-corrected chi connectivity index (χ4v) is 21.7. The van der Waals surface area contributed by atoms with E-state index in [-0.39, 0.29) is 17.7 Å². The monoisotopic (exact) mass is 933 g/mol. The molecule has 354 valence electrons. The summed E-state index contributed by atoms with van der Waals surface area (Å²) in [5, 5.41) is 5.71. The van der Waals surface area contributed by atoms with Gasteiger partial charge in [-0.2, -0.15) is 0 Å². The molecular formula is C69H65BN2. The van der Waals surface area contributed by atoms with Crippen LogP contribution in [0.4, 0.5) is 17.1 Å². The van der Waals surface area contributed by atoms with Gasteiger partial charge in [-0.3, -0.25) is 0 Å². The fraction of sp³-hybridized carbons (Fsp3) is 0.420. The minimum atomic E-state index is 0.0260. The summed E-state index contributed by atoms with van der Waals surface area (Å²) >= 11 is 0. The third-order valence-electron chi connectivity index (χ3n) is 25.0. The van der Waals surface area contributed by atoms with Crippen molar-refractivity contribution in [3.63, 3.8) is 0 Å². The van der Waals surface area contributed by atoms with Crippen LogP contribution in [0.1, 0.15) is 133 Å². The van der Waals surface area contributed by atoms with Gasteiger partial charge in [0.2, 0.25) is 0 Å². The molecule has 8 fully saturated rings. The van der Waals surface area contributed by atoms with Crippen LogP contribution in [0.3, 0.4) is 0 Å². The van der Waals surface area contributed by atoms with Gasteiger partial charge in [0.05, 0.1) is 5.69 Å². The van der Waals surface area contributed by atoms with Crippen molar-refractivity contribution < 1.29 is 0 Å². The molecule has 0 amide bonds. The third kappa shape index (κ3) is 4.27. The van der Waals surface area contributed by atoms with E-state index in [0.717, 1.165) is 35.5 Å². The molecule has 7 aromatic carbocycles. The zero-order valence-electron chi connectivity index (χ0n) is 43.0. The minimum Gasteiger partial charge on any atom is -0.375 e. The molecule has 0 radical (unpaired) electrons. The molecule has 19 rings (SSSR count). The largest absolute Gasteiger partial charge is 0.375 e. The van der Waals surface area contributed by atoms with Crippen LogP contribution < -0.4 is 15.8 Å². The first-order chi connectivity index (χ1) is 34.9. The van der Waals surface area contributed by atoms with E-state index in [1.54, 1.807) is 11.1 Å². The van der Waals surface area contributed by atoms with Gasteiger partial charge < -0.3 is 9.38 Å². The first-order valence-corrected chi connectivity index (χ1v) is 28.7. The second-order valence-corrected chi connectivity index (χ2v) is 28.3. The van der Waals surface area contributed by atoms with Crippen molar-refractivity contribution in [1.82, 2.24) is 4.48 Å². The van der Waals surface area contributed by atoms with Crippen LogP contribution in [0.25, 0.3) is 54.8 Å². The number of aromatic nitrogens is 1. The molecule has 0 saturated heterocycles. The molecule has 3 heterocycles. The van der Waals surface area contributed by atoms with Crippen LogP contribution >= 0.6 is 0 Å². The number of nitrogens with zero attached hydrogens (tertiary/aromatic N) is 2. The molecular weight excluding hydrogens is 868 g/mol. The lowest BCUT2D eigenvalue weighted by atomic mass is 9.38. The van der Waals surface area contributed by atoms with Gasteiger partial charge in [0.25, 0.3) is 0 Å². The second-order valence-electron chi connectivity index (χ2n) is 28.3. The third-order valence-corrected chi connectivity index (χ3v) is 25.0. The van der Waals surface area contributed by atoms with E-state index in [0.29, 0.717) is 21.7 Å². The topological polar surface area (TPSA) is 8.17 Å². The Bertz CT molecular complexity index is 3850. The maximum Gasteiger partial charge on any atom is 0.333 e. The molecule has 9 aliphatic carbocycles. The molecule has 2 aliphatic heterocycles. The van der Waals surface area contributed by atoms with Crippen LogP contribution in [0.15, 0.2) is 121 Å². The summed E-state index contributed by atoms with van der Waals surface area (Å²) in [5.41, 5.74) is 25.4. The number of anilines is 3. The molecule has 11 aliphatic rings. The van der Waals surface area contributed by atoms with Crippen LogP contribution in [0, 0.1) is 53.3 Å². The van der Waals surface area contributed by atoms with Crippen LogP contribution in [-0.4, -0.2) is 11.3 Å². The molecule has 8 saturated carbocycles. The molecule has 4 bridgehead atoms. The molecule has 4 atom stereocenters. The van der Waals surface area contributed by atoms with E-state index < -0.39 is 0 Å². The SMILES string of the molecule is Cc1cc2c(cc1N1c3cc(-c4ccccc4)cc4c3B(c3ccc5ccccc5c31)n1c3ccc(C56CC7CC8CC(C5)C87C6)cc3c3cc(C56CC7CC8CC(C5)C87C6)cc-4c31)C(C)(C)CCC2(C)C. The van der Waals surface area contributed by atoms with Gasteiger partial charge in [0, 0.05) is 44.1 Å². The van der Waals surface area contributed by atoms with Gasteiger partial charge in [0.1, 0.15) is 0 Å². The molecule has 2 spiro atoms. The summed E-state index contributed by atoms with van der Waals surface area (Å²) in [6, 6.07) is 50.0. The van der Waals surface area contributed by atoms with Gasteiger partial charge in [0.15, 0.2) is 0 Å². The number of fused-ring (bicyclic) bond motifs is 12. The van der Waals surface area contributed by atoms with Crippen molar-refractivity contribution in [3.05, 3.63) is 149 Å². The summed E-state index contributed by atoms with van der Waals surface area (Å²) in [7, 11) is 0. The lowest BCUT2D eigenvalue weighted by Crippen LogP contribution is -2.59. The summed E-state index contributed by atoms with van der Waals surface area (Å²) in [6.45, 7) is 12.4. The zero-order valence-corrected chi connectivity index (χ0v) is 43.0. The molecule has 2 nitrogen and oxygen atoms in total. The summed E-state index contributed by atoms with van der Waals surface area (Å²) in [5.74, 6) is 5.88. The van der Waals surface area contributed by atoms with E-state index in [4.69, 9.17) is 0 Å². The highest BCUT2D eigenvalue weighted by Crippen LogP contribution is 2.86. The molecule has 1 aromatic heterocycles. The quantitative estimate of drug-likeness (QED) is 0.160. The number of hydrogen-bond acceptors (Lipinski definition) is 1. The maximum absolute atomic E-state index is 2.91. The van der Waals surface area contributed by atoms with Crippen LogP contribution in [0.2, 0.25) is 0 Å². The van der Waals surface area contributed by atoms with Gasteiger partial charge >= 0.3 is 6.85 Å². The van der Waals surface area contributed by atoms with Crippen molar-refractivity contribution in [3.8, 4) is 22.3 Å². The number of rotatable bonds is 4. The second kappa shape index (κ2) is 12.2. The smallest absolute Gasteiger partial charge is 0.333 e. The lowest BCUT2D eigenvalue weighted by Gasteiger charge is -2.66. The first kappa shape index (κ1) is 39.9. The van der Waals surface area contributed by atoms with Gasteiger partial charge in [-0.15, -0.1) is 0 Å². The number of aryl methyl sites for hydroxylation is 1. The molecule has 8 aromatic rings. The Balaban J connectivity index is 0.935. The van der Waals surface area contributed by atoms with Crippen molar-refractivity contribution in [2.45, 2.75) is 133 Å². The molecule has 0 N–H and O–H groups in total. The number of hydrogen-bond donors (Lipinski definition) is 0. The van der Waals surface area contributed by atoms with Crippen molar-refractivity contribution in [2.24, 2.45) is 46.3 Å². The van der Waals surface area contributed by atoms with Crippen molar-refractivity contribution in [2.75, 3.05) is 4.90 Å². The van der Waals surface area contributed by atoms with Gasteiger partial charge in [-0.1, -0.05) is 107 Å².